The molecule has 0 N–H and O–H groups in total. The Morgan fingerprint density at radius 2 is 0.429 bits per heavy atom. The minimum Gasteiger partial charge on any atom is -0.309 e. The van der Waals surface area contributed by atoms with Crippen molar-refractivity contribution in [2.75, 3.05) is 0 Å². The fourth-order valence-electron chi connectivity index (χ4n) is 15.8. The Bertz CT molecular complexity index is 7350. The molecule has 0 bridgehead atoms. The summed E-state index contributed by atoms with van der Waals surface area (Å²) in [5.41, 5.74) is 22.1. The van der Waals surface area contributed by atoms with E-state index in [1.54, 1.807) is 22.7 Å². The minimum absolute atomic E-state index is 0.644. The third-order valence-electron chi connectivity index (χ3n) is 21.3. The molecule has 524 valence electrons. The summed E-state index contributed by atoms with van der Waals surface area (Å²) < 4.78 is 9.76. The van der Waals surface area contributed by atoms with Gasteiger partial charge in [0.2, 0.25) is 0 Å². The van der Waals surface area contributed by atoms with Gasteiger partial charge < -0.3 is 9.13 Å². The second-order valence-electron chi connectivity index (χ2n) is 28.1. The van der Waals surface area contributed by atoms with Gasteiger partial charge in [-0.1, -0.05) is 309 Å². The molecule has 0 saturated heterocycles. The molecule has 0 aliphatic carbocycles. The molecule has 6 aromatic heterocycles. The van der Waals surface area contributed by atoms with Crippen LogP contribution in [0.1, 0.15) is 0 Å². The van der Waals surface area contributed by atoms with E-state index in [1.165, 1.54) is 106 Å². The molecular weight excluding hydrogens is 1400 g/mol. The Kier molecular flexibility index (Phi) is 16.4. The molecule has 0 unspecified atom stereocenters. The third-order valence-corrected chi connectivity index (χ3v) is 23.6. The van der Waals surface area contributed by atoms with Gasteiger partial charge in [-0.3, -0.25) is 0 Å². The molecule has 0 fully saturated rings. The predicted octanol–water partition coefficient (Wildman–Crippen LogP) is 27.3. The Labute approximate surface area is 653 Å². The molecule has 0 aliphatic heterocycles. The first-order chi connectivity index (χ1) is 55.5. The second kappa shape index (κ2) is 28.0. The van der Waals surface area contributed by atoms with Crippen molar-refractivity contribution < 1.29 is 0 Å². The molecule has 8 nitrogen and oxygen atoms in total. The van der Waals surface area contributed by atoms with Crippen LogP contribution in [0.15, 0.2) is 388 Å². The van der Waals surface area contributed by atoms with Gasteiger partial charge in [-0.25, -0.2) is 29.9 Å². The first-order valence-corrected chi connectivity index (χ1v) is 39.2. The van der Waals surface area contributed by atoms with Crippen LogP contribution in [-0.2, 0) is 0 Å². The normalized spacial score (nSPS) is 11.6. The van der Waals surface area contributed by atoms with Gasteiger partial charge in [0.25, 0.3) is 0 Å². The maximum Gasteiger partial charge on any atom is 0.164 e. The molecule has 22 aromatic rings. The Hall–Kier alpha value is -14.4. The van der Waals surface area contributed by atoms with Crippen LogP contribution in [0.25, 0.3) is 208 Å². The molecule has 22 rings (SSSR count). The quantitative estimate of drug-likeness (QED) is 0.121. The lowest BCUT2D eigenvalue weighted by molar-refractivity contribution is 1.07. The highest BCUT2D eigenvalue weighted by Gasteiger charge is 2.21. The van der Waals surface area contributed by atoms with Crippen molar-refractivity contribution in [1.29, 1.82) is 0 Å². The lowest BCUT2D eigenvalue weighted by atomic mass is 10.0. The average molecular weight is 1470 g/mol. The van der Waals surface area contributed by atoms with Crippen molar-refractivity contribution in [3.8, 4) is 124 Å². The number of rotatable bonds is 12. The highest BCUT2D eigenvalue weighted by molar-refractivity contribution is 7.26. The number of thiophene rings is 2. The number of benzene rings is 16. The van der Waals surface area contributed by atoms with E-state index in [-0.39, 0.29) is 0 Å². The van der Waals surface area contributed by atoms with Crippen LogP contribution in [0.4, 0.5) is 0 Å². The number of hydrogen-bond donors (Lipinski definition) is 0. The lowest BCUT2D eigenvalue weighted by Gasteiger charge is -2.12. The van der Waals surface area contributed by atoms with Crippen molar-refractivity contribution >= 4 is 107 Å². The predicted molar refractivity (Wildman–Crippen MR) is 468 cm³/mol. The van der Waals surface area contributed by atoms with Crippen molar-refractivity contribution in [3.63, 3.8) is 0 Å². The zero-order valence-corrected chi connectivity index (χ0v) is 62.0. The largest absolute Gasteiger partial charge is 0.309 e. The Morgan fingerprint density at radius 1 is 0.152 bits per heavy atom. The van der Waals surface area contributed by atoms with E-state index in [2.05, 4.69) is 337 Å². The van der Waals surface area contributed by atoms with E-state index >= 15 is 0 Å². The highest BCUT2D eigenvalue weighted by Crippen LogP contribution is 2.42. The molecule has 6 heterocycles. The second-order valence-corrected chi connectivity index (χ2v) is 30.3. The van der Waals surface area contributed by atoms with Gasteiger partial charge in [0, 0.05) is 107 Å². The monoisotopic (exact) mass is 1460 g/mol. The standard InChI is InChI=1S/2C51H32N4S/c1-3-12-33(13-4-1)38-27-29-46-44(31-38)41-18-7-9-20-45(41)55(46)40-17-11-16-37(30-40)34-22-24-36(25-23-34)50-52-49(35-14-5-2-6-15-35)53-51(54-50)39-26-28-43-42-19-8-10-21-47(42)56-48(43)32-39;1-3-12-33(13-4-1)38-26-28-42-41-18-7-9-20-45(41)55(46(42)31-38)40-17-11-16-37(30-40)34-22-24-36(25-23-34)50-52-49(35-14-5-2-6-15-35)53-51(54-50)39-27-29-44-43-19-8-10-21-47(43)56-48(44)32-39/h2*1-32H. The van der Waals surface area contributed by atoms with Crippen LogP contribution < -0.4 is 0 Å². The molecule has 112 heavy (non-hydrogen) atoms. The summed E-state index contributed by atoms with van der Waals surface area (Å²) in [4.78, 5) is 30.2. The maximum absolute atomic E-state index is 5.08. The minimum atomic E-state index is 0.644. The fraction of sp³-hybridized carbons (Fsp3) is 0. The number of hydrogen-bond acceptors (Lipinski definition) is 8. The average Bonchev–Trinajstić information content (AvgIpc) is 1.60. The molecule has 10 heteroatoms. The van der Waals surface area contributed by atoms with Crippen LogP contribution in [0.3, 0.4) is 0 Å². The highest BCUT2D eigenvalue weighted by atomic mass is 32.1. The molecule has 0 aliphatic rings. The van der Waals surface area contributed by atoms with Crippen LogP contribution in [0.2, 0.25) is 0 Å². The van der Waals surface area contributed by atoms with Gasteiger partial charge in [-0.05, 0) is 123 Å². The van der Waals surface area contributed by atoms with Crippen LogP contribution >= 0.6 is 22.7 Å². The summed E-state index contributed by atoms with van der Waals surface area (Å²) in [5, 5.41) is 10.0. The zero-order chi connectivity index (χ0) is 74.0. The molecule has 16 aromatic carbocycles. The number of nitrogens with zero attached hydrogens (tertiary/aromatic N) is 8. The van der Waals surface area contributed by atoms with E-state index in [9.17, 15) is 0 Å². The van der Waals surface area contributed by atoms with E-state index in [4.69, 9.17) is 29.9 Å². The lowest BCUT2D eigenvalue weighted by Crippen LogP contribution is -2.00. The third kappa shape index (κ3) is 12.1. The van der Waals surface area contributed by atoms with Crippen molar-refractivity contribution in [2.24, 2.45) is 0 Å². The van der Waals surface area contributed by atoms with Gasteiger partial charge in [0.15, 0.2) is 34.9 Å². The summed E-state index contributed by atoms with van der Waals surface area (Å²) in [7, 11) is 0. The van der Waals surface area contributed by atoms with Crippen molar-refractivity contribution in [1.82, 2.24) is 39.0 Å². The first kappa shape index (κ1) is 65.8. The fourth-order valence-corrected chi connectivity index (χ4v) is 18.1. The molecule has 0 saturated carbocycles. The number of para-hydroxylation sites is 2. The van der Waals surface area contributed by atoms with E-state index < -0.39 is 0 Å². The van der Waals surface area contributed by atoms with Crippen LogP contribution in [0, 0.1) is 0 Å². The van der Waals surface area contributed by atoms with Gasteiger partial charge >= 0.3 is 0 Å². The topological polar surface area (TPSA) is 87.2 Å². The zero-order valence-electron chi connectivity index (χ0n) is 60.3. The van der Waals surface area contributed by atoms with Crippen LogP contribution in [0.5, 0.6) is 0 Å². The first-order valence-electron chi connectivity index (χ1n) is 37.5. The summed E-state index contributed by atoms with van der Waals surface area (Å²) in [6.45, 7) is 0. The molecule has 0 spiro atoms. The summed E-state index contributed by atoms with van der Waals surface area (Å²) in [6.07, 6.45) is 0. The van der Waals surface area contributed by atoms with Gasteiger partial charge in [0.05, 0.1) is 22.1 Å². The van der Waals surface area contributed by atoms with E-state index in [0.29, 0.717) is 34.9 Å². The summed E-state index contributed by atoms with van der Waals surface area (Å²) in [5.74, 6) is 3.91. The molecule has 0 radical (unpaired) electrons. The molecule has 0 amide bonds. The van der Waals surface area contributed by atoms with Gasteiger partial charge in [-0.2, -0.15) is 0 Å². The Morgan fingerprint density at radius 3 is 0.893 bits per heavy atom. The molecular formula is C102H64N8S2. The molecule has 0 atom stereocenters. The SMILES string of the molecule is c1ccc(-c2ccc3c(c2)c2ccccc2n3-c2cccc(-c3ccc(-c4nc(-c5ccccc5)nc(-c5ccc6c(c5)sc5ccccc56)n4)cc3)c2)cc1.c1ccc(-c2ccc3c4ccccc4n(-c4cccc(-c5ccc(-c6nc(-c7ccccc7)nc(-c7ccc8c(c7)sc7ccccc78)n6)cc5)c4)c3c2)cc1. The number of fused-ring (bicyclic) bond motifs is 12. The van der Waals surface area contributed by atoms with Crippen molar-refractivity contribution in [2.45, 2.75) is 0 Å². The number of aromatic nitrogens is 8. The van der Waals surface area contributed by atoms with E-state index in [1.807, 2.05) is 60.7 Å². The summed E-state index contributed by atoms with van der Waals surface area (Å²) >= 11 is 3.60. The van der Waals surface area contributed by atoms with Gasteiger partial charge in [0.1, 0.15) is 0 Å². The Balaban J connectivity index is 0.000000141. The van der Waals surface area contributed by atoms with Crippen LogP contribution in [-0.4, -0.2) is 39.0 Å². The summed E-state index contributed by atoms with van der Waals surface area (Å²) in [6, 6.07) is 137. The van der Waals surface area contributed by atoms with E-state index in [0.717, 1.165) is 67.0 Å². The van der Waals surface area contributed by atoms with Gasteiger partial charge in [-0.15, -0.1) is 22.7 Å². The van der Waals surface area contributed by atoms with Crippen molar-refractivity contribution in [3.05, 3.63) is 388 Å². The smallest absolute Gasteiger partial charge is 0.164 e. The maximum atomic E-state index is 5.08.